The molecule has 0 atom stereocenters. The summed E-state index contributed by atoms with van der Waals surface area (Å²) in [5.41, 5.74) is 8.77. The van der Waals surface area contributed by atoms with Gasteiger partial charge in [-0.05, 0) is 60.1 Å². The van der Waals surface area contributed by atoms with Crippen molar-refractivity contribution in [3.8, 4) is 22.5 Å². The molecule has 0 aliphatic carbocycles. The van der Waals surface area contributed by atoms with Crippen LogP contribution in [0.5, 0.6) is 0 Å². The van der Waals surface area contributed by atoms with E-state index in [9.17, 15) is 18.4 Å². The number of amides is 1. The Morgan fingerprint density at radius 1 is 0.731 bits per heavy atom. The van der Waals surface area contributed by atoms with Crippen molar-refractivity contribution >= 4 is 57.6 Å². The van der Waals surface area contributed by atoms with Crippen LogP contribution in [0.2, 0.25) is 0 Å². The van der Waals surface area contributed by atoms with Gasteiger partial charge >= 0.3 is 0 Å². The number of carbonyl (C=O) groups excluding carboxylic acids is 2. The minimum atomic E-state index is -0.766. The largest absolute Gasteiger partial charge is 0.445 e. The number of nitrogens with two attached hydrogens (primary N) is 1. The van der Waals surface area contributed by atoms with Gasteiger partial charge in [-0.2, -0.15) is 0 Å². The molecule has 4 heterocycles. The van der Waals surface area contributed by atoms with Gasteiger partial charge in [-0.15, -0.1) is 23.2 Å². The van der Waals surface area contributed by atoms with E-state index in [-0.39, 0.29) is 16.5 Å². The van der Waals surface area contributed by atoms with Gasteiger partial charge in [0.1, 0.15) is 46.2 Å². The molecule has 4 aromatic heterocycles. The van der Waals surface area contributed by atoms with E-state index in [4.69, 9.17) is 49.4 Å². The maximum Gasteiger partial charge on any atom is 0.259 e. The van der Waals surface area contributed by atoms with Gasteiger partial charge in [0.05, 0.1) is 16.5 Å². The third-order valence-corrected chi connectivity index (χ3v) is 7.00. The van der Waals surface area contributed by atoms with E-state index in [0.29, 0.717) is 23.4 Å². The summed E-state index contributed by atoms with van der Waals surface area (Å²) >= 11 is 14.6. The van der Waals surface area contributed by atoms with Crippen molar-refractivity contribution in [1.29, 1.82) is 0 Å². The first-order chi connectivity index (χ1) is 24.9. The Labute approximate surface area is 314 Å². The number of aromatic nitrogens is 4. The Bertz CT molecular complexity index is 2060. The highest BCUT2D eigenvalue weighted by Crippen LogP contribution is 2.25. The molecule has 0 radical (unpaired) electrons. The number of carbonyl (C=O) groups is 2. The highest BCUT2D eigenvalue weighted by Gasteiger charge is 2.15. The summed E-state index contributed by atoms with van der Waals surface area (Å²) in [4.78, 5) is 39.4. The first-order valence-electron chi connectivity index (χ1n) is 15.6. The van der Waals surface area contributed by atoms with Crippen molar-refractivity contribution in [2.24, 2.45) is 0 Å². The maximum atomic E-state index is 13.6. The molecule has 0 aliphatic heterocycles. The lowest BCUT2D eigenvalue weighted by molar-refractivity contribution is 0.102. The molecule has 10 nitrogen and oxygen atoms in total. The molecule has 272 valence electrons. The number of hydrogen-bond acceptors (Lipinski definition) is 9. The predicted octanol–water partition coefficient (Wildman–Crippen LogP) is 9.81. The van der Waals surface area contributed by atoms with E-state index in [1.165, 1.54) is 36.4 Å². The summed E-state index contributed by atoms with van der Waals surface area (Å²) < 4.78 is 37.2. The molecule has 15 heteroatoms. The molecule has 6 rings (SSSR count). The van der Waals surface area contributed by atoms with E-state index in [0.717, 1.165) is 46.9 Å². The second kappa shape index (κ2) is 20.6. The lowest BCUT2D eigenvalue weighted by atomic mass is 10.1. The van der Waals surface area contributed by atoms with E-state index in [1.807, 2.05) is 26.8 Å². The van der Waals surface area contributed by atoms with Gasteiger partial charge < -0.3 is 19.9 Å². The smallest absolute Gasteiger partial charge is 0.259 e. The average molecular weight is 772 g/mol. The summed E-state index contributed by atoms with van der Waals surface area (Å²) in [6.45, 7) is 7.65. The summed E-state index contributed by atoms with van der Waals surface area (Å²) in [5.74, 6) is 2.11. The van der Waals surface area contributed by atoms with E-state index >= 15 is 0 Å². The molecule has 52 heavy (non-hydrogen) atoms. The van der Waals surface area contributed by atoms with Crippen LogP contribution in [0.25, 0.3) is 22.5 Å². The zero-order valence-electron chi connectivity index (χ0n) is 28.6. The zero-order chi connectivity index (χ0) is 38.2. The molecule has 0 spiro atoms. The number of oxazole rings is 2. The van der Waals surface area contributed by atoms with Crippen LogP contribution in [0.15, 0.2) is 94.0 Å². The fraction of sp³-hybridized carbons (Fsp3) is 0.189. The van der Waals surface area contributed by atoms with Gasteiger partial charge in [-0.25, -0.2) is 28.7 Å². The number of benzene rings is 2. The number of nitrogens with zero attached hydrogens (tertiary/aromatic N) is 4. The number of hydrogen-bond donors (Lipinski definition) is 2. The van der Waals surface area contributed by atoms with E-state index < -0.39 is 22.8 Å². The van der Waals surface area contributed by atoms with Crippen LogP contribution in [0, 0.1) is 25.5 Å². The number of alkyl halides is 2. The Kier molecular flexibility index (Phi) is 16.4. The fourth-order valence-electron chi connectivity index (χ4n) is 4.47. The van der Waals surface area contributed by atoms with Crippen LogP contribution in [-0.2, 0) is 12.8 Å². The van der Waals surface area contributed by atoms with Crippen molar-refractivity contribution in [1.82, 2.24) is 19.9 Å². The summed E-state index contributed by atoms with van der Waals surface area (Å²) in [7, 11) is 0. The van der Waals surface area contributed by atoms with Crippen molar-refractivity contribution < 1.29 is 27.2 Å². The third-order valence-electron chi connectivity index (χ3n) is 6.79. The average Bonchev–Trinajstić information content (AvgIpc) is 3.71. The minimum Gasteiger partial charge on any atom is -0.445 e. The van der Waals surface area contributed by atoms with Gasteiger partial charge in [-0.3, -0.25) is 9.59 Å². The van der Waals surface area contributed by atoms with Crippen molar-refractivity contribution in [2.75, 3.05) is 16.4 Å². The van der Waals surface area contributed by atoms with Crippen LogP contribution >= 0.6 is 34.8 Å². The van der Waals surface area contributed by atoms with Gasteiger partial charge in [0.25, 0.3) is 11.1 Å². The molecule has 1 amide bonds. The number of rotatable bonds is 7. The van der Waals surface area contributed by atoms with Gasteiger partial charge in [-0.1, -0.05) is 38.1 Å². The van der Waals surface area contributed by atoms with E-state index in [2.05, 4.69) is 25.3 Å². The summed E-state index contributed by atoms with van der Waals surface area (Å²) in [6.07, 6.45) is 4.86. The molecule has 0 saturated carbocycles. The molecule has 0 aliphatic rings. The molecule has 0 unspecified atom stereocenters. The van der Waals surface area contributed by atoms with Crippen LogP contribution in [0.3, 0.4) is 0 Å². The molecule has 0 bridgehead atoms. The Hall–Kier alpha value is -5.17. The number of nitrogen functional groups attached to an aromatic ring is 1. The van der Waals surface area contributed by atoms with Crippen molar-refractivity contribution in [2.45, 2.75) is 40.5 Å². The SMILES string of the molecule is CCc1oc(C)nc1-c1ccc(N)nc1.CCc1oc(C)nc1-c1ccc(NC(=O)c2ccccc2F)nc1.ClCCl.O=C(Cl)c1ccccc1F. The Morgan fingerprint density at radius 2 is 1.19 bits per heavy atom. The fourth-order valence-corrected chi connectivity index (χ4v) is 4.62. The number of halogens is 5. The molecular weight excluding hydrogens is 737 g/mol. The molecule has 3 N–H and O–H groups in total. The minimum absolute atomic E-state index is 0.0243. The second-order valence-corrected chi connectivity index (χ2v) is 11.6. The lowest BCUT2D eigenvalue weighted by Gasteiger charge is -2.06. The number of aryl methyl sites for hydroxylation is 4. The van der Waals surface area contributed by atoms with Gasteiger partial charge in [0, 0.05) is 50.2 Å². The predicted molar refractivity (Wildman–Crippen MR) is 200 cm³/mol. The quantitative estimate of drug-likeness (QED) is 0.119. The normalized spacial score (nSPS) is 10.1. The van der Waals surface area contributed by atoms with Crippen molar-refractivity contribution in [3.05, 3.63) is 131 Å². The van der Waals surface area contributed by atoms with Crippen LogP contribution in [0.4, 0.5) is 20.4 Å². The molecule has 0 saturated heterocycles. The molecule has 2 aromatic carbocycles. The standard InChI is InChI=1S/C18H16FN3O2.C11H13N3O.C7H4ClFO.CH2Cl2/c1-3-15-17(21-11(2)24-15)12-8-9-16(20-10-12)22-18(23)13-6-4-5-7-14(13)19;1-3-9-11(14-7(2)15-9)8-4-5-10(12)13-6-8;8-7(10)5-3-1-2-4-6(5)9;2-1-3/h4-10H,3H2,1-2H3,(H,20,22,23);4-6H,3H2,1-2H3,(H2,12,13);1-4H;1H2. The van der Waals surface area contributed by atoms with Gasteiger partial charge in [0.15, 0.2) is 11.8 Å². The number of anilines is 2. The number of pyridine rings is 2. The topological polar surface area (TPSA) is 150 Å². The van der Waals surface area contributed by atoms with E-state index in [1.54, 1.807) is 49.6 Å². The summed E-state index contributed by atoms with van der Waals surface area (Å²) in [6, 6.07) is 18.5. The number of nitrogens with one attached hydrogen (secondary N) is 1. The maximum absolute atomic E-state index is 13.6. The van der Waals surface area contributed by atoms with Crippen molar-refractivity contribution in [3.63, 3.8) is 0 Å². The first-order valence-corrected chi connectivity index (χ1v) is 17.1. The first kappa shape index (κ1) is 41.3. The highest BCUT2D eigenvalue weighted by molar-refractivity contribution is 6.67. The Morgan fingerprint density at radius 3 is 1.58 bits per heavy atom. The third kappa shape index (κ3) is 12.0. The summed E-state index contributed by atoms with van der Waals surface area (Å²) in [5, 5.41) is 2.01. The zero-order valence-corrected chi connectivity index (χ0v) is 30.9. The highest BCUT2D eigenvalue weighted by atomic mass is 35.5. The lowest BCUT2D eigenvalue weighted by Crippen LogP contribution is -2.14. The van der Waals surface area contributed by atoms with Gasteiger partial charge in [0.2, 0.25) is 0 Å². The monoisotopic (exact) mass is 770 g/mol. The molecule has 6 aromatic rings. The van der Waals surface area contributed by atoms with Crippen LogP contribution in [-0.4, -0.2) is 36.4 Å². The molecule has 0 fully saturated rings. The Balaban J connectivity index is 0.000000221. The molecular formula is C37H35Cl3F2N6O4. The van der Waals surface area contributed by atoms with Crippen LogP contribution in [0.1, 0.15) is 57.9 Å². The second-order valence-electron chi connectivity index (χ2n) is 10.4. The van der Waals surface area contributed by atoms with Crippen LogP contribution < -0.4 is 11.1 Å².